The SMILES string of the molecule is Brc1ccc(-c2cc(-c3ccccc3)c3c(ccc4nc(-c5ccc(Br)cc5)cc(-c5ccccc5)c43)n2)cc1. The van der Waals surface area contributed by atoms with Gasteiger partial charge in [0.1, 0.15) is 0 Å². The number of hydrogen-bond donors (Lipinski definition) is 0. The maximum Gasteiger partial charge on any atom is 0.0723 e. The molecule has 0 aliphatic rings. The van der Waals surface area contributed by atoms with E-state index in [4.69, 9.17) is 9.97 Å². The van der Waals surface area contributed by atoms with Gasteiger partial charge in [-0.25, -0.2) is 9.97 Å². The molecule has 0 unspecified atom stereocenters. The van der Waals surface area contributed by atoms with Gasteiger partial charge in [0.2, 0.25) is 0 Å². The fourth-order valence-electron chi connectivity index (χ4n) is 5.28. The van der Waals surface area contributed by atoms with E-state index in [-0.39, 0.29) is 0 Å². The molecule has 4 heteroatoms. The summed E-state index contributed by atoms with van der Waals surface area (Å²) < 4.78 is 2.10. The molecule has 0 atom stereocenters. The van der Waals surface area contributed by atoms with Gasteiger partial charge >= 0.3 is 0 Å². The lowest BCUT2D eigenvalue weighted by molar-refractivity contribution is 1.38. The molecular formula is C36H22Br2N2. The minimum Gasteiger partial charge on any atom is -0.248 e. The topological polar surface area (TPSA) is 25.8 Å². The molecule has 0 saturated carbocycles. The largest absolute Gasteiger partial charge is 0.248 e. The van der Waals surface area contributed by atoms with Gasteiger partial charge in [-0.3, -0.25) is 0 Å². The second kappa shape index (κ2) is 10.5. The van der Waals surface area contributed by atoms with E-state index >= 15 is 0 Å². The van der Waals surface area contributed by atoms with Gasteiger partial charge < -0.3 is 0 Å². The zero-order valence-corrected chi connectivity index (χ0v) is 24.5. The van der Waals surface area contributed by atoms with E-state index in [1.54, 1.807) is 0 Å². The smallest absolute Gasteiger partial charge is 0.0723 e. The Morgan fingerprint density at radius 2 is 0.750 bits per heavy atom. The van der Waals surface area contributed by atoms with Crippen LogP contribution in [0.2, 0.25) is 0 Å². The van der Waals surface area contributed by atoms with E-state index in [1.807, 2.05) is 0 Å². The molecule has 2 heterocycles. The van der Waals surface area contributed by atoms with Crippen LogP contribution < -0.4 is 0 Å². The normalized spacial score (nSPS) is 11.2. The van der Waals surface area contributed by atoms with Crippen LogP contribution in [0, 0.1) is 0 Å². The summed E-state index contributed by atoms with van der Waals surface area (Å²) in [6.45, 7) is 0. The first-order valence-electron chi connectivity index (χ1n) is 13.1. The van der Waals surface area contributed by atoms with Gasteiger partial charge in [0.15, 0.2) is 0 Å². The Morgan fingerprint density at radius 1 is 0.375 bits per heavy atom. The zero-order chi connectivity index (χ0) is 27.1. The summed E-state index contributed by atoms with van der Waals surface area (Å²) >= 11 is 7.13. The van der Waals surface area contributed by atoms with Gasteiger partial charge in [0.05, 0.1) is 22.4 Å². The third-order valence-electron chi connectivity index (χ3n) is 7.19. The third-order valence-corrected chi connectivity index (χ3v) is 8.25. The Bertz CT molecular complexity index is 1840. The van der Waals surface area contributed by atoms with Crippen molar-refractivity contribution in [2.45, 2.75) is 0 Å². The van der Waals surface area contributed by atoms with Crippen molar-refractivity contribution in [1.82, 2.24) is 9.97 Å². The fraction of sp³-hybridized carbons (Fsp3) is 0. The monoisotopic (exact) mass is 640 g/mol. The predicted octanol–water partition coefficient (Wildman–Crippen LogP) is 11.0. The first-order chi connectivity index (χ1) is 19.6. The van der Waals surface area contributed by atoms with Crippen molar-refractivity contribution in [1.29, 1.82) is 0 Å². The molecule has 2 aromatic heterocycles. The predicted molar refractivity (Wildman–Crippen MR) is 174 cm³/mol. The summed E-state index contributed by atoms with van der Waals surface area (Å²) in [5.74, 6) is 0. The summed E-state index contributed by atoms with van der Waals surface area (Å²) in [4.78, 5) is 10.4. The van der Waals surface area contributed by atoms with Gasteiger partial charge in [-0.2, -0.15) is 0 Å². The Hall–Kier alpha value is -4.12. The lowest BCUT2D eigenvalue weighted by Gasteiger charge is -2.17. The molecule has 7 aromatic rings. The zero-order valence-electron chi connectivity index (χ0n) is 21.4. The molecule has 2 nitrogen and oxygen atoms in total. The maximum absolute atomic E-state index is 5.19. The van der Waals surface area contributed by atoms with Crippen LogP contribution in [0.25, 0.3) is 66.6 Å². The highest BCUT2D eigenvalue weighted by Crippen LogP contribution is 2.41. The molecule has 5 aromatic carbocycles. The lowest BCUT2D eigenvalue weighted by atomic mass is 9.91. The van der Waals surface area contributed by atoms with Crippen LogP contribution in [0.5, 0.6) is 0 Å². The highest BCUT2D eigenvalue weighted by atomic mass is 79.9. The molecule has 190 valence electrons. The minimum absolute atomic E-state index is 0.943. The third kappa shape index (κ3) is 4.64. The van der Waals surface area contributed by atoms with Gasteiger partial charge in [-0.15, -0.1) is 0 Å². The molecule has 0 radical (unpaired) electrons. The van der Waals surface area contributed by atoms with Gasteiger partial charge in [0.25, 0.3) is 0 Å². The van der Waals surface area contributed by atoms with Crippen LogP contribution in [0.3, 0.4) is 0 Å². The van der Waals surface area contributed by atoms with Crippen molar-refractivity contribution in [2.75, 3.05) is 0 Å². The van der Waals surface area contributed by atoms with E-state index in [0.717, 1.165) is 75.5 Å². The molecule has 0 N–H and O–H groups in total. The van der Waals surface area contributed by atoms with Crippen LogP contribution in [-0.2, 0) is 0 Å². The molecule has 7 rings (SSSR count). The quantitative estimate of drug-likeness (QED) is 0.179. The average Bonchev–Trinajstić information content (AvgIpc) is 3.01. The van der Waals surface area contributed by atoms with E-state index in [0.29, 0.717) is 0 Å². The Balaban J connectivity index is 1.60. The van der Waals surface area contributed by atoms with Gasteiger partial charge in [-0.05, 0) is 70.8 Å². The van der Waals surface area contributed by atoms with E-state index in [1.165, 1.54) is 0 Å². The van der Waals surface area contributed by atoms with Crippen molar-refractivity contribution in [3.05, 3.63) is 142 Å². The number of benzene rings is 5. The summed E-state index contributed by atoms with van der Waals surface area (Å²) in [6.07, 6.45) is 0. The highest BCUT2D eigenvalue weighted by Gasteiger charge is 2.18. The molecule has 0 bridgehead atoms. The second-order valence-corrected chi connectivity index (χ2v) is 11.5. The van der Waals surface area contributed by atoms with E-state index < -0.39 is 0 Å². The number of hydrogen-bond acceptors (Lipinski definition) is 2. The number of fused-ring (bicyclic) bond motifs is 3. The van der Waals surface area contributed by atoms with Gasteiger partial charge in [-0.1, -0.05) is 117 Å². The van der Waals surface area contributed by atoms with Crippen molar-refractivity contribution in [3.8, 4) is 44.8 Å². The Morgan fingerprint density at radius 3 is 1.12 bits per heavy atom. The van der Waals surface area contributed by atoms with Crippen LogP contribution in [0.15, 0.2) is 142 Å². The van der Waals surface area contributed by atoms with E-state index in [2.05, 4.69) is 165 Å². The van der Waals surface area contributed by atoms with Crippen molar-refractivity contribution in [2.24, 2.45) is 0 Å². The average molecular weight is 642 g/mol. The Labute approximate surface area is 249 Å². The molecule has 0 fully saturated rings. The second-order valence-electron chi connectivity index (χ2n) is 9.71. The number of halogens is 2. The fourth-order valence-corrected chi connectivity index (χ4v) is 5.81. The molecular weight excluding hydrogens is 620 g/mol. The molecule has 0 saturated heterocycles. The first kappa shape index (κ1) is 24.9. The molecule has 0 aliphatic carbocycles. The number of nitrogens with zero attached hydrogens (tertiary/aromatic N) is 2. The van der Waals surface area contributed by atoms with Crippen LogP contribution >= 0.6 is 31.9 Å². The van der Waals surface area contributed by atoms with Crippen molar-refractivity contribution >= 4 is 53.7 Å². The highest BCUT2D eigenvalue weighted by molar-refractivity contribution is 9.10. The minimum atomic E-state index is 0.943. The summed E-state index contributed by atoms with van der Waals surface area (Å²) in [5.41, 5.74) is 10.5. The number of rotatable bonds is 4. The van der Waals surface area contributed by atoms with Crippen LogP contribution in [0.4, 0.5) is 0 Å². The number of pyridine rings is 2. The summed E-state index contributed by atoms with van der Waals surface area (Å²) in [5, 5.41) is 2.22. The summed E-state index contributed by atoms with van der Waals surface area (Å²) in [7, 11) is 0. The standard InChI is InChI=1S/C36H22Br2N2/c37-27-15-11-25(12-16-27)33-21-29(23-7-3-1-4-8-23)35-31(39-33)19-20-32-36(35)30(24-9-5-2-6-10-24)22-34(40-32)26-13-17-28(38)18-14-26/h1-22H. The lowest BCUT2D eigenvalue weighted by Crippen LogP contribution is -1.95. The van der Waals surface area contributed by atoms with Gasteiger partial charge in [0, 0.05) is 30.8 Å². The first-order valence-corrected chi connectivity index (χ1v) is 14.6. The van der Waals surface area contributed by atoms with Crippen LogP contribution in [0.1, 0.15) is 0 Å². The Kier molecular flexibility index (Phi) is 6.51. The maximum atomic E-state index is 5.19. The van der Waals surface area contributed by atoms with Crippen molar-refractivity contribution < 1.29 is 0 Å². The van der Waals surface area contributed by atoms with E-state index in [9.17, 15) is 0 Å². The van der Waals surface area contributed by atoms with Crippen molar-refractivity contribution in [3.63, 3.8) is 0 Å². The number of aromatic nitrogens is 2. The molecule has 0 aliphatic heterocycles. The summed E-state index contributed by atoms with van der Waals surface area (Å²) in [6, 6.07) is 46.5. The molecule has 40 heavy (non-hydrogen) atoms. The molecule has 0 spiro atoms. The van der Waals surface area contributed by atoms with Crippen LogP contribution in [-0.4, -0.2) is 9.97 Å². The molecule has 0 amide bonds.